The first-order chi connectivity index (χ1) is 14.2. The van der Waals surface area contributed by atoms with Crippen LogP contribution in [0, 0.1) is 33.5 Å². The monoisotopic (exact) mass is 446 g/mol. The summed E-state index contributed by atoms with van der Waals surface area (Å²) in [5.74, 6) is -0.669. The first-order valence-corrected chi connectivity index (χ1v) is 10.5. The summed E-state index contributed by atoms with van der Waals surface area (Å²) in [7, 11) is 1.36. The molecule has 0 spiro atoms. The van der Waals surface area contributed by atoms with E-state index in [4.69, 9.17) is 17.0 Å². The fourth-order valence-electron chi connectivity index (χ4n) is 3.11. The lowest BCUT2D eigenvalue weighted by Gasteiger charge is -2.11. The Labute approximate surface area is 184 Å². The number of thiocarbonyl (C=S) groups is 1. The molecule has 0 fully saturated rings. The summed E-state index contributed by atoms with van der Waals surface area (Å²) in [5.41, 5.74) is 4.78. The predicted octanol–water partition coefficient (Wildman–Crippen LogP) is 4.96. The van der Waals surface area contributed by atoms with Crippen molar-refractivity contribution in [2.24, 2.45) is 0 Å². The molecule has 0 amide bonds. The molecule has 0 radical (unpaired) electrons. The van der Waals surface area contributed by atoms with Crippen LogP contribution in [-0.2, 0) is 11.3 Å². The zero-order valence-electron chi connectivity index (χ0n) is 17.4. The van der Waals surface area contributed by atoms with E-state index in [0.29, 0.717) is 22.2 Å². The predicted molar refractivity (Wildman–Crippen MR) is 122 cm³/mol. The van der Waals surface area contributed by atoms with Crippen LogP contribution in [0.25, 0.3) is 0 Å². The van der Waals surface area contributed by atoms with Gasteiger partial charge >= 0.3 is 5.97 Å². The topological polar surface area (TPSA) is 68.2 Å². The molecule has 1 aromatic carbocycles. The second-order valence-electron chi connectivity index (χ2n) is 6.89. The van der Waals surface area contributed by atoms with Crippen LogP contribution in [0.1, 0.15) is 37.7 Å². The minimum absolute atomic E-state index is 0.267. The first kappa shape index (κ1) is 21.9. The van der Waals surface area contributed by atoms with Gasteiger partial charge in [-0.05, 0) is 63.2 Å². The molecule has 158 valence electrons. The highest BCUT2D eigenvalue weighted by Crippen LogP contribution is 2.33. The largest absolute Gasteiger partial charge is 0.465 e. The number of nitrogens with zero attached hydrogens (tertiary/aromatic N) is 2. The van der Waals surface area contributed by atoms with Gasteiger partial charge in [-0.1, -0.05) is 12.1 Å². The van der Waals surface area contributed by atoms with Crippen molar-refractivity contribution in [3.8, 4) is 0 Å². The van der Waals surface area contributed by atoms with Crippen LogP contribution in [-0.4, -0.2) is 28.0 Å². The number of thiophene rings is 1. The van der Waals surface area contributed by atoms with Crippen LogP contribution in [0.15, 0.2) is 24.3 Å². The number of anilines is 2. The van der Waals surface area contributed by atoms with Crippen molar-refractivity contribution < 1.29 is 13.9 Å². The highest BCUT2D eigenvalue weighted by Gasteiger charge is 2.21. The normalized spacial score (nSPS) is 10.7. The Morgan fingerprint density at radius 1 is 1.20 bits per heavy atom. The molecule has 0 saturated carbocycles. The van der Waals surface area contributed by atoms with Crippen molar-refractivity contribution in [3.63, 3.8) is 0 Å². The molecule has 0 saturated heterocycles. The number of benzene rings is 1. The van der Waals surface area contributed by atoms with E-state index >= 15 is 0 Å². The molecule has 0 unspecified atom stereocenters. The first-order valence-electron chi connectivity index (χ1n) is 9.26. The summed E-state index contributed by atoms with van der Waals surface area (Å²) in [6.45, 7) is 8.17. The van der Waals surface area contributed by atoms with Gasteiger partial charge in [-0.15, -0.1) is 11.3 Å². The quantitative estimate of drug-likeness (QED) is 0.426. The minimum atomic E-state index is -0.401. The maximum atomic E-state index is 13.1. The van der Waals surface area contributed by atoms with Crippen LogP contribution in [0.3, 0.4) is 0 Å². The fourth-order valence-corrected chi connectivity index (χ4v) is 4.43. The van der Waals surface area contributed by atoms with E-state index in [0.717, 1.165) is 33.1 Å². The molecule has 30 heavy (non-hydrogen) atoms. The average Bonchev–Trinajstić information content (AvgIpc) is 3.12. The second kappa shape index (κ2) is 8.93. The molecule has 3 aromatic rings. The number of carbonyl (C=O) groups excluding carboxylic acids is 1. The van der Waals surface area contributed by atoms with E-state index in [9.17, 15) is 9.18 Å². The number of carbonyl (C=O) groups is 1. The summed E-state index contributed by atoms with van der Waals surface area (Å²) in [6, 6.07) is 6.34. The maximum absolute atomic E-state index is 13.1. The molecule has 9 heteroatoms. The molecule has 2 aromatic heterocycles. The summed E-state index contributed by atoms with van der Waals surface area (Å²) >= 11 is 6.93. The van der Waals surface area contributed by atoms with Gasteiger partial charge in [0, 0.05) is 4.88 Å². The zero-order valence-corrected chi connectivity index (χ0v) is 19.1. The highest BCUT2D eigenvalue weighted by atomic mass is 32.1. The third-order valence-corrected chi connectivity index (χ3v) is 6.19. The van der Waals surface area contributed by atoms with Gasteiger partial charge in [-0.25, -0.2) is 9.18 Å². The number of esters is 1. The number of hydrogen-bond acceptors (Lipinski definition) is 5. The molecule has 2 heterocycles. The molecule has 0 bridgehead atoms. The molecule has 2 N–H and O–H groups in total. The summed E-state index contributed by atoms with van der Waals surface area (Å²) in [5, 5.41) is 11.9. The average molecular weight is 447 g/mol. The van der Waals surface area contributed by atoms with E-state index in [-0.39, 0.29) is 5.82 Å². The van der Waals surface area contributed by atoms with Crippen LogP contribution >= 0.6 is 23.6 Å². The van der Waals surface area contributed by atoms with Crippen LogP contribution in [0.5, 0.6) is 0 Å². The smallest absolute Gasteiger partial charge is 0.341 e. The van der Waals surface area contributed by atoms with Gasteiger partial charge in [0.15, 0.2) is 5.11 Å². The third-order valence-electron chi connectivity index (χ3n) is 4.87. The minimum Gasteiger partial charge on any atom is -0.465 e. The third kappa shape index (κ3) is 4.52. The number of aryl methyl sites for hydroxylation is 2. The molecule has 6 nitrogen and oxygen atoms in total. The van der Waals surface area contributed by atoms with Crippen molar-refractivity contribution in [2.45, 2.75) is 34.2 Å². The summed E-state index contributed by atoms with van der Waals surface area (Å²) in [4.78, 5) is 13.2. The molecule has 0 aliphatic rings. The molecule has 0 aliphatic heterocycles. The summed E-state index contributed by atoms with van der Waals surface area (Å²) in [6.07, 6.45) is 0. The lowest BCUT2D eigenvalue weighted by Crippen LogP contribution is -2.21. The van der Waals surface area contributed by atoms with Gasteiger partial charge in [0.25, 0.3) is 0 Å². The van der Waals surface area contributed by atoms with E-state index in [1.54, 1.807) is 12.1 Å². The Morgan fingerprint density at radius 3 is 2.50 bits per heavy atom. The lowest BCUT2D eigenvalue weighted by atomic mass is 10.1. The Morgan fingerprint density at radius 2 is 1.87 bits per heavy atom. The number of methoxy groups -OCH3 is 1. The Balaban J connectivity index is 1.78. The number of aromatic nitrogens is 2. The van der Waals surface area contributed by atoms with Gasteiger partial charge in [-0.2, -0.15) is 5.10 Å². The number of hydrogen-bond donors (Lipinski definition) is 2. The van der Waals surface area contributed by atoms with Gasteiger partial charge in [0.1, 0.15) is 10.8 Å². The van der Waals surface area contributed by atoms with Gasteiger partial charge in [0.05, 0.1) is 36.3 Å². The van der Waals surface area contributed by atoms with E-state index in [1.807, 2.05) is 32.4 Å². The maximum Gasteiger partial charge on any atom is 0.341 e. The van der Waals surface area contributed by atoms with Crippen molar-refractivity contribution >= 4 is 45.3 Å². The van der Waals surface area contributed by atoms with Gasteiger partial charge in [0.2, 0.25) is 0 Å². The van der Waals surface area contributed by atoms with E-state index in [2.05, 4.69) is 15.7 Å². The number of rotatable bonds is 5. The lowest BCUT2D eigenvalue weighted by molar-refractivity contribution is 0.0601. The highest BCUT2D eigenvalue weighted by molar-refractivity contribution is 7.80. The van der Waals surface area contributed by atoms with E-state index in [1.165, 1.54) is 30.6 Å². The van der Waals surface area contributed by atoms with Crippen molar-refractivity contribution in [1.82, 2.24) is 9.78 Å². The SMILES string of the molecule is COC(=O)c1c(NC(=S)Nc2c(C)nn(Cc3ccc(F)cc3)c2C)sc(C)c1C. The Kier molecular flexibility index (Phi) is 6.52. The molecule has 0 aliphatic carbocycles. The fraction of sp³-hybridized carbons (Fsp3) is 0.286. The van der Waals surface area contributed by atoms with Crippen LogP contribution < -0.4 is 10.6 Å². The van der Waals surface area contributed by atoms with Crippen molar-refractivity contribution in [2.75, 3.05) is 17.7 Å². The molecule has 3 rings (SSSR count). The molecular weight excluding hydrogens is 423 g/mol. The number of nitrogens with one attached hydrogen (secondary N) is 2. The van der Waals surface area contributed by atoms with Gasteiger partial charge in [-0.3, -0.25) is 4.68 Å². The standard InChI is InChI=1S/C21H23FN4O2S2/c1-11-14(4)30-19(17(11)20(27)28-5)24-21(29)23-18-12(2)25-26(13(18)3)10-15-6-8-16(22)9-7-15/h6-9H,10H2,1-5H3,(H2,23,24,29). The number of ether oxygens (including phenoxy) is 1. The second-order valence-corrected chi connectivity index (χ2v) is 8.52. The zero-order chi connectivity index (χ0) is 22.0. The Hall–Kier alpha value is -2.78. The van der Waals surface area contributed by atoms with Crippen LogP contribution in [0.4, 0.5) is 15.1 Å². The number of halogens is 1. The van der Waals surface area contributed by atoms with Crippen LogP contribution in [0.2, 0.25) is 0 Å². The Bertz CT molecular complexity index is 1100. The molecule has 0 atom stereocenters. The summed E-state index contributed by atoms with van der Waals surface area (Å²) < 4.78 is 19.9. The van der Waals surface area contributed by atoms with Gasteiger partial charge < -0.3 is 15.4 Å². The molecular formula is C21H23FN4O2S2. The van der Waals surface area contributed by atoms with Crippen molar-refractivity contribution in [3.05, 3.63) is 63.0 Å². The van der Waals surface area contributed by atoms with Crippen molar-refractivity contribution in [1.29, 1.82) is 0 Å². The van der Waals surface area contributed by atoms with E-state index < -0.39 is 5.97 Å².